The molecule has 0 radical (unpaired) electrons. The van der Waals surface area contributed by atoms with Crippen molar-refractivity contribution in [2.45, 2.75) is 0 Å². The second-order valence-electron chi connectivity index (χ2n) is 34.8. The predicted octanol–water partition coefficient (Wildman–Crippen LogP) is 25.8. The molecular weight excluding hydrogens is 1700 g/mol. The molecule has 2 aliphatic heterocycles. The third kappa shape index (κ3) is 11.5. The normalized spacial score (nSPS) is 12.1. The van der Waals surface area contributed by atoms with Gasteiger partial charge in [0, 0.05) is 136 Å². The van der Waals surface area contributed by atoms with E-state index in [4.69, 9.17) is 29.9 Å². The number of H-pyrrole nitrogens is 1. The Bertz CT molecular complexity index is 9480. The fraction of sp³-hybridized carbons (Fsp3) is 0. The van der Waals surface area contributed by atoms with Crippen LogP contribution >= 0.6 is 0 Å². The lowest BCUT2D eigenvalue weighted by Gasteiger charge is -2.21. The molecule has 25 nitrogen and oxygen atoms in total. The molecule has 29 rings (SSSR count). The first kappa shape index (κ1) is 75.3. The quantitative estimate of drug-likeness (QED) is 0.0319. The van der Waals surface area contributed by atoms with Gasteiger partial charge in [0.2, 0.25) is 0 Å². The summed E-state index contributed by atoms with van der Waals surface area (Å²) in [5.74, 6) is 0.814. The van der Waals surface area contributed by atoms with Gasteiger partial charge in [-0.3, -0.25) is 80.8 Å². The van der Waals surface area contributed by atoms with Gasteiger partial charge in [-0.05, 0) is 97.1 Å². The topological polar surface area (TPSA) is 254 Å². The van der Waals surface area contributed by atoms with Gasteiger partial charge in [0.25, 0.3) is 0 Å². The number of fused-ring (bicyclic) bond motifs is 32. The van der Waals surface area contributed by atoms with Crippen LogP contribution in [0.5, 0.6) is 0 Å². The van der Waals surface area contributed by atoms with Gasteiger partial charge in [-0.25, -0.2) is 29.9 Å². The molecule has 0 amide bonds. The number of benzene rings is 16. The van der Waals surface area contributed by atoms with Gasteiger partial charge < -0.3 is 10.2 Å². The van der Waals surface area contributed by atoms with Crippen LogP contribution in [-0.4, -0.2) is 82.2 Å². The maximum atomic E-state index is 15.2. The molecule has 0 atom stereocenters. The van der Waals surface area contributed by atoms with Crippen molar-refractivity contribution in [1.82, 2.24) is 77.0 Å². The smallest absolute Gasteiger partial charge is 0.182 e. The van der Waals surface area contributed by atoms with E-state index in [-0.39, 0.29) is 34.6 Å². The molecule has 0 unspecified atom stereocenters. The number of hydrogen-bond donors (Lipinski definition) is 10. The van der Waals surface area contributed by atoms with E-state index in [9.17, 15) is 0 Å². The monoisotopic (exact) mass is 1770 g/mol. The second kappa shape index (κ2) is 29.2. The number of para-hydroxylation sites is 8. The maximum absolute atomic E-state index is 15.2. The van der Waals surface area contributed by atoms with Gasteiger partial charge in [0.1, 0.15) is 11.3 Å². The largest absolute Gasteiger partial charge is 0.425 e. The number of nitrogens with zero attached hydrogens (tertiary/aromatic N) is 15. The minimum absolute atomic E-state index is 0.0429. The number of nitrogens with one attached hydrogen (secondary N) is 9. The zero-order chi connectivity index (χ0) is 89.8. The number of aromatic amines is 1. The number of aromatic nitrogens is 16. The summed E-state index contributed by atoms with van der Waals surface area (Å²) in [6.45, 7) is 0. The Morgan fingerprint density at radius 2 is 0.358 bits per heavy atom. The molecule has 2 aliphatic rings. The molecule has 11 aromatic heterocycles. The van der Waals surface area contributed by atoms with E-state index in [2.05, 4.69) is 383 Å². The van der Waals surface area contributed by atoms with Crippen LogP contribution in [0.4, 0.5) is 45.5 Å². The van der Waals surface area contributed by atoms with Crippen LogP contribution in [0.3, 0.4) is 0 Å². The lowest BCUT2D eigenvalue weighted by molar-refractivity contribution is 0.209. The summed E-state index contributed by atoms with van der Waals surface area (Å²) in [6.07, 6.45) is 16.4. The summed E-state index contributed by atoms with van der Waals surface area (Å²) in [5.41, 5.74) is 47.8. The van der Waals surface area contributed by atoms with Gasteiger partial charge >= 0.3 is 0 Å². The van der Waals surface area contributed by atoms with Crippen molar-refractivity contribution in [3.05, 3.63) is 389 Å². The van der Waals surface area contributed by atoms with Crippen molar-refractivity contribution >= 4 is 220 Å². The van der Waals surface area contributed by atoms with Gasteiger partial charge in [-0.2, -0.15) is 0 Å². The summed E-state index contributed by atoms with van der Waals surface area (Å²) in [4.78, 5) is 41.2. The SMILES string of the molecule is On1c2nc3nc(nc4[nH]c(nc5nc(nc1c1c(Nn6ccc7ccccc76)c6ccccc6c(Nn6ccc7ccccc76)c12)-c1c-5c(Nn2ccc5ccccc52)c2ccccc2c1Nn1ccc2ccccc21)c1c(Nn2ccc5ccccc52)c2ccccc2c(Nn2ccc5ccccc52)c41)-c1c-3c(Nn2ccc3ccccc32)c2ccccc2c1Nn1ccc2ccccc21. The van der Waals surface area contributed by atoms with E-state index in [1.54, 1.807) is 0 Å². The van der Waals surface area contributed by atoms with E-state index in [0.717, 1.165) is 135 Å². The Kier molecular flexibility index (Phi) is 16.1. The summed E-state index contributed by atoms with van der Waals surface area (Å²) in [5, 5.41) is 31.9. The fourth-order valence-electron chi connectivity index (χ4n) is 21.0. The molecule has 27 aromatic rings. The number of hydrogen-bond acceptors (Lipinski definition) is 15. The van der Waals surface area contributed by atoms with E-state index < -0.39 is 0 Å². The maximum Gasteiger partial charge on any atom is 0.182 e. The van der Waals surface area contributed by atoms with Crippen molar-refractivity contribution < 1.29 is 5.21 Å². The number of anilines is 8. The highest BCUT2D eigenvalue weighted by atomic mass is 16.5. The first-order valence-corrected chi connectivity index (χ1v) is 45.4. The Hall–Kier alpha value is -19.6. The summed E-state index contributed by atoms with van der Waals surface area (Å²) in [7, 11) is 0. The van der Waals surface area contributed by atoms with Crippen molar-refractivity contribution in [2.24, 2.45) is 0 Å². The molecule has 648 valence electrons. The first-order chi connectivity index (χ1) is 67.8. The molecule has 0 saturated heterocycles. The van der Waals surface area contributed by atoms with Crippen LogP contribution in [0.1, 0.15) is 0 Å². The van der Waals surface area contributed by atoms with Crippen LogP contribution in [0.15, 0.2) is 389 Å². The van der Waals surface area contributed by atoms with E-state index in [1.165, 1.54) is 0 Å². The van der Waals surface area contributed by atoms with Gasteiger partial charge in [0.05, 0.1) is 133 Å². The van der Waals surface area contributed by atoms with Crippen LogP contribution in [0, 0.1) is 0 Å². The summed E-state index contributed by atoms with van der Waals surface area (Å²) < 4.78 is 17.5. The molecule has 10 N–H and O–H groups in total. The average Bonchev–Trinajstić information content (AvgIpc) is 1.56. The predicted molar refractivity (Wildman–Crippen MR) is 555 cm³/mol. The van der Waals surface area contributed by atoms with Crippen LogP contribution < -0.4 is 43.4 Å². The van der Waals surface area contributed by atoms with E-state index in [1.807, 2.05) is 92.0 Å². The number of rotatable bonds is 16. The zero-order valence-electron chi connectivity index (χ0n) is 72.6. The molecule has 0 spiro atoms. The third-order valence-electron chi connectivity index (χ3n) is 27.3. The zero-order valence-corrected chi connectivity index (χ0v) is 72.6. The molecular formula is C112H74N24O. The molecule has 25 heteroatoms. The fourth-order valence-corrected chi connectivity index (χ4v) is 21.0. The lowest BCUT2D eigenvalue weighted by atomic mass is 9.96. The van der Waals surface area contributed by atoms with Gasteiger partial charge in [-0.1, -0.05) is 243 Å². The average molecular weight is 1770 g/mol. The third-order valence-corrected chi connectivity index (χ3v) is 27.3. The highest BCUT2D eigenvalue weighted by Crippen LogP contribution is 2.56. The molecule has 0 aliphatic carbocycles. The lowest BCUT2D eigenvalue weighted by Crippen LogP contribution is -2.12. The first-order valence-electron chi connectivity index (χ1n) is 45.4. The van der Waals surface area contributed by atoms with Crippen LogP contribution in [0.2, 0.25) is 0 Å². The Balaban J connectivity index is 0.857. The second-order valence-corrected chi connectivity index (χ2v) is 34.8. The molecule has 8 bridgehead atoms. The molecule has 137 heavy (non-hydrogen) atoms. The van der Waals surface area contributed by atoms with Gasteiger partial charge in [-0.15, -0.1) is 4.73 Å². The molecule has 0 fully saturated rings. The Morgan fingerprint density at radius 3 is 0.577 bits per heavy atom. The van der Waals surface area contributed by atoms with Crippen molar-refractivity contribution in [1.29, 1.82) is 0 Å². The standard InChI is InChI=1S/C112H74N24O/c137-136-111-95-96(104(127-135-64-56-72-32-8-24-48-88(72)135)80-40-16-15-39-79(80)103(95)126-134-63-55-71-31-7-23-47-87(71)134)112(136)119-110-94-92(100(123-131-60-52-68-28-4-20-44-84(68)131)76-36-12-14-38-78(76)102(94)125-133-62-54-70-30-6-22-46-86(70)133)108(117-110)115-106-90-89(97(120-128-57-49-65-25-1-17-41-81(65)128)73-33-9-10-34-74(73)98(90)121-129-58-50-66-26-2-18-42-82(66)129)105(113-106)114-107-91-93(109(116-107)118-111)101(124-132-61-53-69-29-5-21-45-85(69)132)77-37-13-11-35-75(77)99(91)122-130-59-51-67-27-3-19-43-83(67)130/h1-64,120-127,137H,(H,113,114,115,116,117,118,119). The molecule has 16 aromatic carbocycles. The molecule has 13 heterocycles. The minimum Gasteiger partial charge on any atom is -0.425 e. The van der Waals surface area contributed by atoms with E-state index >= 15 is 5.21 Å². The highest BCUT2D eigenvalue weighted by molar-refractivity contribution is 6.31. The molecule has 0 saturated carbocycles. The highest BCUT2D eigenvalue weighted by Gasteiger charge is 2.37. The summed E-state index contributed by atoms with van der Waals surface area (Å²) >= 11 is 0. The summed E-state index contributed by atoms with van der Waals surface area (Å²) in [6, 6.07) is 117. The van der Waals surface area contributed by atoms with Crippen LogP contribution in [0.25, 0.3) is 220 Å². The van der Waals surface area contributed by atoms with Gasteiger partial charge in [0.15, 0.2) is 34.6 Å². The van der Waals surface area contributed by atoms with Crippen molar-refractivity contribution in [3.63, 3.8) is 0 Å². The Labute approximate surface area is 775 Å². The minimum atomic E-state index is 0.0429. The van der Waals surface area contributed by atoms with Crippen molar-refractivity contribution in [2.75, 3.05) is 43.4 Å². The Morgan fingerprint density at radius 1 is 0.182 bits per heavy atom. The van der Waals surface area contributed by atoms with E-state index in [0.29, 0.717) is 101 Å². The van der Waals surface area contributed by atoms with Crippen LogP contribution in [-0.2, 0) is 0 Å². The van der Waals surface area contributed by atoms with Crippen molar-refractivity contribution in [3.8, 4) is 45.6 Å².